The Balaban J connectivity index is 1.67. The van der Waals surface area contributed by atoms with Crippen molar-refractivity contribution in [2.75, 3.05) is 13.1 Å². The van der Waals surface area contributed by atoms with Crippen LogP contribution in [0.5, 0.6) is 0 Å². The van der Waals surface area contributed by atoms with Crippen LogP contribution in [0, 0.1) is 5.92 Å². The molecule has 5 heteroatoms. The number of fused-ring (bicyclic) bond motifs is 1. The van der Waals surface area contributed by atoms with Crippen molar-refractivity contribution in [3.8, 4) is 0 Å². The van der Waals surface area contributed by atoms with Crippen LogP contribution in [0.1, 0.15) is 50.7 Å². The van der Waals surface area contributed by atoms with E-state index in [0.29, 0.717) is 19.0 Å². The topological polar surface area (TPSA) is 49.3 Å². The molecule has 3 rings (SSSR count). The molecule has 2 aliphatic heterocycles. The number of rotatable bonds is 4. The molecule has 1 amide bonds. The third-order valence-corrected chi connectivity index (χ3v) is 4.65. The van der Waals surface area contributed by atoms with Gasteiger partial charge in [0.05, 0.1) is 18.3 Å². The monoisotopic (exact) mass is 302 g/mol. The van der Waals surface area contributed by atoms with Crippen LogP contribution in [0.2, 0.25) is 0 Å². The zero-order valence-corrected chi connectivity index (χ0v) is 13.9. The SMILES string of the molecule is CC(C)Cc1ncc2c(n1)CN(C(=O)C(C)N1CCCC1)C2. The normalized spacial score (nSPS) is 19.7. The number of amides is 1. The van der Waals surface area contributed by atoms with Crippen LogP contribution in [0.25, 0.3) is 0 Å². The summed E-state index contributed by atoms with van der Waals surface area (Å²) in [5, 5.41) is 0. The van der Waals surface area contributed by atoms with E-state index in [1.165, 1.54) is 12.8 Å². The summed E-state index contributed by atoms with van der Waals surface area (Å²) in [6.07, 6.45) is 5.23. The largest absolute Gasteiger partial charge is 0.331 e. The smallest absolute Gasteiger partial charge is 0.240 e. The summed E-state index contributed by atoms with van der Waals surface area (Å²) in [6, 6.07) is -0.0140. The van der Waals surface area contributed by atoms with E-state index in [0.717, 1.165) is 36.6 Å². The lowest BCUT2D eigenvalue weighted by Gasteiger charge is -2.27. The summed E-state index contributed by atoms with van der Waals surface area (Å²) in [5.74, 6) is 1.67. The summed E-state index contributed by atoms with van der Waals surface area (Å²) in [4.78, 5) is 26.0. The lowest BCUT2D eigenvalue weighted by atomic mass is 10.1. The Morgan fingerprint density at radius 3 is 2.64 bits per heavy atom. The molecule has 5 nitrogen and oxygen atoms in total. The van der Waals surface area contributed by atoms with Crippen molar-refractivity contribution < 1.29 is 4.79 Å². The summed E-state index contributed by atoms with van der Waals surface area (Å²) in [7, 11) is 0. The maximum absolute atomic E-state index is 12.7. The Kier molecular flexibility index (Phi) is 4.43. The molecule has 0 aromatic carbocycles. The van der Waals surface area contributed by atoms with Crippen LogP contribution in [0.3, 0.4) is 0 Å². The Morgan fingerprint density at radius 1 is 1.23 bits per heavy atom. The highest BCUT2D eigenvalue weighted by Crippen LogP contribution is 2.23. The highest BCUT2D eigenvalue weighted by molar-refractivity contribution is 5.82. The van der Waals surface area contributed by atoms with Gasteiger partial charge in [-0.2, -0.15) is 0 Å². The van der Waals surface area contributed by atoms with Gasteiger partial charge in [0, 0.05) is 24.7 Å². The minimum absolute atomic E-state index is 0.0140. The molecular weight excluding hydrogens is 276 g/mol. The van der Waals surface area contributed by atoms with Crippen molar-refractivity contribution in [3.63, 3.8) is 0 Å². The first kappa shape index (κ1) is 15.4. The number of aromatic nitrogens is 2. The van der Waals surface area contributed by atoms with E-state index >= 15 is 0 Å². The van der Waals surface area contributed by atoms with Gasteiger partial charge < -0.3 is 4.90 Å². The maximum Gasteiger partial charge on any atom is 0.240 e. The highest BCUT2D eigenvalue weighted by atomic mass is 16.2. The molecular formula is C17H26N4O. The molecule has 2 aliphatic rings. The molecule has 0 bridgehead atoms. The molecule has 1 unspecified atom stereocenters. The number of nitrogens with zero attached hydrogens (tertiary/aromatic N) is 4. The van der Waals surface area contributed by atoms with Crippen molar-refractivity contribution in [2.45, 2.75) is 59.2 Å². The molecule has 22 heavy (non-hydrogen) atoms. The molecule has 0 saturated carbocycles. The van der Waals surface area contributed by atoms with Crippen molar-refractivity contribution in [3.05, 3.63) is 23.3 Å². The highest BCUT2D eigenvalue weighted by Gasteiger charge is 2.32. The van der Waals surface area contributed by atoms with E-state index < -0.39 is 0 Å². The predicted octanol–water partition coefficient (Wildman–Crippen LogP) is 2.00. The van der Waals surface area contributed by atoms with Crippen molar-refractivity contribution in [1.29, 1.82) is 0 Å². The van der Waals surface area contributed by atoms with Crippen LogP contribution < -0.4 is 0 Å². The second-order valence-corrected chi connectivity index (χ2v) is 6.97. The van der Waals surface area contributed by atoms with Crippen LogP contribution in [0.4, 0.5) is 0 Å². The van der Waals surface area contributed by atoms with Crippen LogP contribution >= 0.6 is 0 Å². The fourth-order valence-corrected chi connectivity index (χ4v) is 3.36. The Morgan fingerprint density at radius 2 is 1.95 bits per heavy atom. The fraction of sp³-hybridized carbons (Fsp3) is 0.706. The van der Waals surface area contributed by atoms with Gasteiger partial charge in [0.15, 0.2) is 0 Å². The molecule has 0 N–H and O–H groups in total. The maximum atomic E-state index is 12.7. The second kappa shape index (κ2) is 6.32. The van der Waals surface area contributed by atoms with E-state index in [2.05, 4.69) is 28.7 Å². The molecule has 0 spiro atoms. The Labute approximate surface area is 132 Å². The molecule has 1 fully saturated rings. The van der Waals surface area contributed by atoms with Gasteiger partial charge >= 0.3 is 0 Å². The van der Waals surface area contributed by atoms with Gasteiger partial charge in [0.2, 0.25) is 5.91 Å². The first-order chi connectivity index (χ1) is 10.5. The summed E-state index contributed by atoms with van der Waals surface area (Å²) in [5.41, 5.74) is 2.14. The van der Waals surface area contributed by atoms with E-state index in [1.807, 2.05) is 18.0 Å². The van der Waals surface area contributed by atoms with Gasteiger partial charge in [0.1, 0.15) is 5.82 Å². The fourth-order valence-electron chi connectivity index (χ4n) is 3.36. The van der Waals surface area contributed by atoms with Gasteiger partial charge in [-0.1, -0.05) is 13.8 Å². The standard InChI is InChI=1S/C17H26N4O/c1-12(2)8-16-18-9-14-10-21(11-15(14)19-16)17(22)13(3)20-6-4-5-7-20/h9,12-13H,4-8,10-11H2,1-3H3. The van der Waals surface area contributed by atoms with Gasteiger partial charge in [-0.15, -0.1) is 0 Å². The second-order valence-electron chi connectivity index (χ2n) is 6.97. The Bertz CT molecular complexity index is 552. The quantitative estimate of drug-likeness (QED) is 0.853. The molecule has 0 radical (unpaired) electrons. The number of hydrogen-bond donors (Lipinski definition) is 0. The van der Waals surface area contributed by atoms with Gasteiger partial charge in [-0.25, -0.2) is 9.97 Å². The number of hydrogen-bond acceptors (Lipinski definition) is 4. The summed E-state index contributed by atoms with van der Waals surface area (Å²) in [6.45, 7) is 9.77. The van der Waals surface area contributed by atoms with E-state index in [-0.39, 0.29) is 11.9 Å². The molecule has 1 saturated heterocycles. The lowest BCUT2D eigenvalue weighted by molar-refractivity contribution is -0.136. The molecule has 0 aliphatic carbocycles. The molecule has 3 heterocycles. The van der Waals surface area contributed by atoms with Crippen molar-refractivity contribution in [1.82, 2.24) is 19.8 Å². The first-order valence-corrected chi connectivity index (χ1v) is 8.41. The van der Waals surface area contributed by atoms with Gasteiger partial charge in [0.25, 0.3) is 0 Å². The minimum atomic E-state index is -0.0140. The van der Waals surface area contributed by atoms with Crippen LogP contribution in [-0.4, -0.2) is 44.8 Å². The first-order valence-electron chi connectivity index (χ1n) is 8.41. The van der Waals surface area contributed by atoms with Crippen molar-refractivity contribution in [2.24, 2.45) is 5.92 Å². The van der Waals surface area contributed by atoms with E-state index in [9.17, 15) is 4.79 Å². The Hall–Kier alpha value is -1.49. The number of carbonyl (C=O) groups is 1. The van der Waals surface area contributed by atoms with Crippen molar-refractivity contribution >= 4 is 5.91 Å². The van der Waals surface area contributed by atoms with E-state index in [4.69, 9.17) is 0 Å². The molecule has 1 aromatic rings. The number of likely N-dealkylation sites (tertiary alicyclic amines) is 1. The minimum Gasteiger partial charge on any atom is -0.331 e. The summed E-state index contributed by atoms with van der Waals surface area (Å²) < 4.78 is 0. The van der Waals surface area contributed by atoms with Gasteiger partial charge in [-0.05, 0) is 38.8 Å². The molecule has 1 atom stereocenters. The lowest BCUT2D eigenvalue weighted by Crippen LogP contribution is -2.44. The summed E-state index contributed by atoms with van der Waals surface area (Å²) >= 11 is 0. The molecule has 1 aromatic heterocycles. The average Bonchev–Trinajstić information content (AvgIpc) is 3.13. The number of carbonyl (C=O) groups excluding carboxylic acids is 1. The zero-order valence-electron chi connectivity index (χ0n) is 13.9. The third kappa shape index (κ3) is 3.14. The average molecular weight is 302 g/mol. The van der Waals surface area contributed by atoms with Gasteiger partial charge in [-0.3, -0.25) is 9.69 Å². The third-order valence-electron chi connectivity index (χ3n) is 4.65. The predicted molar refractivity (Wildman–Crippen MR) is 85.1 cm³/mol. The zero-order chi connectivity index (χ0) is 15.7. The van der Waals surface area contributed by atoms with Crippen LogP contribution in [0.15, 0.2) is 6.20 Å². The van der Waals surface area contributed by atoms with E-state index in [1.54, 1.807) is 0 Å². The van der Waals surface area contributed by atoms with Crippen LogP contribution in [-0.2, 0) is 24.3 Å². The molecule has 120 valence electrons.